The molecule has 0 saturated heterocycles. The predicted molar refractivity (Wildman–Crippen MR) is 87.2 cm³/mol. The minimum Gasteiger partial charge on any atom is -0.352 e. The summed E-state index contributed by atoms with van der Waals surface area (Å²) in [5.41, 5.74) is 2.26. The van der Waals surface area contributed by atoms with Crippen molar-refractivity contribution in [2.45, 2.75) is 40.5 Å². The molecule has 1 atom stereocenters. The van der Waals surface area contributed by atoms with Gasteiger partial charge in [-0.2, -0.15) is 10.5 Å². The molecule has 1 aliphatic carbocycles. The number of allylic oxidation sites excluding steroid dienone is 3. The Labute approximate surface area is 136 Å². The van der Waals surface area contributed by atoms with E-state index in [4.69, 9.17) is 5.26 Å². The number of thioether (sulfide) groups is 1. The number of nitrogens with one attached hydrogen (secondary N) is 1. The van der Waals surface area contributed by atoms with E-state index in [-0.39, 0.29) is 28.8 Å². The summed E-state index contributed by atoms with van der Waals surface area (Å²) in [6.45, 7) is 8.26. The zero-order valence-corrected chi connectivity index (χ0v) is 14.3. The van der Waals surface area contributed by atoms with E-state index in [1.54, 1.807) is 0 Å². The number of ketones is 1. The lowest BCUT2D eigenvalue weighted by Crippen LogP contribution is -2.39. The van der Waals surface area contributed by atoms with Gasteiger partial charge in [0.05, 0.1) is 28.5 Å². The van der Waals surface area contributed by atoms with Crippen LogP contribution in [0.5, 0.6) is 0 Å². The minimum absolute atomic E-state index is 0.0698. The van der Waals surface area contributed by atoms with Gasteiger partial charge in [-0.3, -0.25) is 4.79 Å². The topological polar surface area (TPSA) is 76.7 Å². The third kappa shape index (κ3) is 3.05. The summed E-state index contributed by atoms with van der Waals surface area (Å²) >= 11 is 1.35. The fourth-order valence-electron chi connectivity index (χ4n) is 3.30. The second kappa shape index (κ2) is 6.18. The van der Waals surface area contributed by atoms with Crippen molar-refractivity contribution in [3.63, 3.8) is 0 Å². The average Bonchev–Trinajstić information content (AvgIpc) is 2.41. The van der Waals surface area contributed by atoms with E-state index in [0.717, 1.165) is 22.7 Å². The Morgan fingerprint density at radius 1 is 1.36 bits per heavy atom. The molecule has 0 fully saturated rings. The lowest BCUT2D eigenvalue weighted by Gasteiger charge is -2.39. The van der Waals surface area contributed by atoms with E-state index in [1.807, 2.05) is 13.8 Å². The van der Waals surface area contributed by atoms with Crippen molar-refractivity contribution in [1.82, 2.24) is 5.32 Å². The van der Waals surface area contributed by atoms with Gasteiger partial charge in [0.15, 0.2) is 5.78 Å². The predicted octanol–water partition coefficient (Wildman–Crippen LogP) is 3.50. The zero-order valence-electron chi connectivity index (χ0n) is 13.5. The maximum atomic E-state index is 12.7. The second-order valence-electron chi connectivity index (χ2n) is 6.98. The van der Waals surface area contributed by atoms with Crippen molar-refractivity contribution in [3.05, 3.63) is 21.9 Å². The number of carbonyl (C=O) groups is 1. The van der Waals surface area contributed by atoms with Crippen molar-refractivity contribution >= 4 is 17.5 Å². The van der Waals surface area contributed by atoms with Gasteiger partial charge in [0.25, 0.3) is 0 Å². The molecule has 1 unspecified atom stereocenters. The van der Waals surface area contributed by atoms with Crippen molar-refractivity contribution in [1.29, 1.82) is 10.5 Å². The molecular formula is C17H21N3OS. The Morgan fingerprint density at radius 2 is 2.05 bits per heavy atom. The van der Waals surface area contributed by atoms with Crippen LogP contribution in [0.3, 0.4) is 0 Å². The molecule has 1 aliphatic heterocycles. The molecule has 1 N–H and O–H groups in total. The SMILES string of the molecule is CC(C)C1C(C#N)=C(SCC#N)NC2=C1C(=O)CC(C)(C)C2. The van der Waals surface area contributed by atoms with Gasteiger partial charge in [0, 0.05) is 23.6 Å². The number of nitrogens with zero attached hydrogens (tertiary/aromatic N) is 2. The van der Waals surface area contributed by atoms with Gasteiger partial charge in [0.2, 0.25) is 0 Å². The van der Waals surface area contributed by atoms with Crippen LogP contribution >= 0.6 is 11.8 Å². The van der Waals surface area contributed by atoms with Crippen LogP contribution in [0.2, 0.25) is 0 Å². The van der Waals surface area contributed by atoms with Crippen LogP contribution in [-0.4, -0.2) is 11.5 Å². The number of rotatable bonds is 3. The molecule has 2 rings (SSSR count). The monoisotopic (exact) mass is 315 g/mol. The van der Waals surface area contributed by atoms with Crippen molar-refractivity contribution in [2.75, 3.05) is 5.75 Å². The summed E-state index contributed by atoms with van der Waals surface area (Å²) in [7, 11) is 0. The first-order chi connectivity index (χ1) is 10.3. The number of dihydropyridines is 1. The molecule has 4 nitrogen and oxygen atoms in total. The second-order valence-corrected chi connectivity index (χ2v) is 7.97. The summed E-state index contributed by atoms with van der Waals surface area (Å²) in [4.78, 5) is 12.7. The minimum atomic E-state index is -0.161. The molecule has 1 heterocycles. The molecular weight excluding hydrogens is 294 g/mol. The first-order valence-electron chi connectivity index (χ1n) is 7.48. The average molecular weight is 315 g/mol. The van der Waals surface area contributed by atoms with Crippen molar-refractivity contribution in [3.8, 4) is 12.1 Å². The van der Waals surface area contributed by atoms with Crippen LogP contribution < -0.4 is 5.32 Å². The lowest BCUT2D eigenvalue weighted by molar-refractivity contribution is -0.118. The maximum Gasteiger partial charge on any atom is 0.161 e. The number of nitriles is 2. The van der Waals surface area contributed by atoms with Crippen LogP contribution in [0, 0.1) is 39.9 Å². The molecule has 5 heteroatoms. The molecule has 0 aromatic rings. The van der Waals surface area contributed by atoms with Crippen LogP contribution in [0.25, 0.3) is 0 Å². The van der Waals surface area contributed by atoms with Gasteiger partial charge in [-0.05, 0) is 17.8 Å². The molecule has 0 aromatic carbocycles. The van der Waals surface area contributed by atoms with Gasteiger partial charge in [-0.25, -0.2) is 0 Å². The highest BCUT2D eigenvalue weighted by molar-refractivity contribution is 8.03. The fraction of sp³-hybridized carbons (Fsp3) is 0.588. The summed E-state index contributed by atoms with van der Waals surface area (Å²) in [5, 5.41) is 22.4. The number of Topliss-reactive ketones (excluding diaryl/α,β-unsaturated/α-hetero) is 1. The molecule has 0 amide bonds. The molecule has 2 aliphatic rings. The standard InChI is InChI=1S/C17H21N3OS/c1-10(2)14-11(9-19)16(22-6-5-18)20-12-7-17(3,4)8-13(21)15(12)14/h10,14,20H,6-8H2,1-4H3. The summed E-state index contributed by atoms with van der Waals surface area (Å²) < 4.78 is 0. The Hall–Kier alpha value is -1.72. The fourth-order valence-corrected chi connectivity index (χ4v) is 4.03. The highest BCUT2D eigenvalue weighted by Crippen LogP contribution is 2.46. The third-order valence-corrected chi connectivity index (χ3v) is 5.00. The molecule has 0 bridgehead atoms. The number of hydrogen-bond acceptors (Lipinski definition) is 5. The summed E-state index contributed by atoms with van der Waals surface area (Å²) in [6.07, 6.45) is 1.32. The normalized spacial score (nSPS) is 23.8. The van der Waals surface area contributed by atoms with Crippen molar-refractivity contribution in [2.24, 2.45) is 17.3 Å². The maximum absolute atomic E-state index is 12.7. The molecule has 116 valence electrons. The Kier molecular flexibility index (Phi) is 4.68. The number of hydrogen-bond donors (Lipinski definition) is 1. The lowest BCUT2D eigenvalue weighted by atomic mass is 9.68. The van der Waals surface area contributed by atoms with Gasteiger partial charge in [-0.1, -0.05) is 39.5 Å². The molecule has 0 aromatic heterocycles. The van der Waals surface area contributed by atoms with E-state index in [2.05, 4.69) is 31.3 Å². The summed E-state index contributed by atoms with van der Waals surface area (Å²) in [6, 6.07) is 4.37. The van der Waals surface area contributed by atoms with Gasteiger partial charge in [0.1, 0.15) is 0 Å². The van der Waals surface area contributed by atoms with Crippen LogP contribution in [0.1, 0.15) is 40.5 Å². The third-order valence-electron chi connectivity index (χ3n) is 4.12. The first kappa shape index (κ1) is 16.6. The first-order valence-corrected chi connectivity index (χ1v) is 8.46. The van der Waals surface area contributed by atoms with E-state index in [1.165, 1.54) is 11.8 Å². The van der Waals surface area contributed by atoms with Crippen LogP contribution in [0.4, 0.5) is 0 Å². The largest absolute Gasteiger partial charge is 0.352 e. The molecule has 0 radical (unpaired) electrons. The number of carbonyl (C=O) groups excluding carboxylic acids is 1. The quantitative estimate of drug-likeness (QED) is 0.862. The van der Waals surface area contributed by atoms with E-state index in [0.29, 0.717) is 12.0 Å². The van der Waals surface area contributed by atoms with Gasteiger partial charge >= 0.3 is 0 Å². The Morgan fingerprint density at radius 3 is 2.59 bits per heavy atom. The molecule has 0 saturated carbocycles. The highest BCUT2D eigenvalue weighted by atomic mass is 32.2. The van der Waals surface area contributed by atoms with E-state index in [9.17, 15) is 10.1 Å². The van der Waals surface area contributed by atoms with Gasteiger partial charge in [-0.15, -0.1) is 0 Å². The highest BCUT2D eigenvalue weighted by Gasteiger charge is 2.42. The molecule has 0 spiro atoms. The molecule has 22 heavy (non-hydrogen) atoms. The van der Waals surface area contributed by atoms with Crippen LogP contribution in [0.15, 0.2) is 21.9 Å². The van der Waals surface area contributed by atoms with Gasteiger partial charge < -0.3 is 5.32 Å². The zero-order chi connectivity index (χ0) is 16.5. The Balaban J connectivity index is 2.51. The smallest absolute Gasteiger partial charge is 0.161 e. The van der Waals surface area contributed by atoms with Crippen LogP contribution in [-0.2, 0) is 4.79 Å². The van der Waals surface area contributed by atoms with E-state index < -0.39 is 0 Å². The van der Waals surface area contributed by atoms with E-state index >= 15 is 0 Å². The van der Waals surface area contributed by atoms with Crippen molar-refractivity contribution < 1.29 is 4.79 Å². The summed E-state index contributed by atoms with van der Waals surface area (Å²) in [5.74, 6) is 0.448. The Bertz CT molecular complexity index is 644.